The Balaban J connectivity index is 1.61. The van der Waals surface area contributed by atoms with Crippen molar-refractivity contribution in [2.45, 2.75) is 25.2 Å². The van der Waals surface area contributed by atoms with Crippen LogP contribution in [0.15, 0.2) is 47.4 Å². The normalized spacial score (nSPS) is 21.1. The van der Waals surface area contributed by atoms with Crippen LogP contribution in [0.25, 0.3) is 0 Å². The number of nitrogens with zero attached hydrogens (tertiary/aromatic N) is 1. The van der Waals surface area contributed by atoms with E-state index >= 15 is 0 Å². The molecule has 0 unspecified atom stereocenters. The van der Waals surface area contributed by atoms with E-state index in [0.717, 1.165) is 12.2 Å². The SMILES string of the molecule is CCOc1ccc(Oc2ccc(S(=O)(=O)N3CCOCC3)cc2NC(=O)[C@@H]2C[C@@H]2C)cc1. The standard InChI is InChI=1S/C23H28N2O6S/c1-3-30-17-4-6-18(7-5-17)31-22-9-8-19(32(27,28)25-10-12-29-13-11-25)15-21(22)24-23(26)20-14-16(20)2/h4-9,15-16,20H,3,10-14H2,1-2H3,(H,24,26)/t16-,20+/m0/s1. The van der Waals surface area contributed by atoms with Gasteiger partial charge in [0, 0.05) is 19.0 Å². The van der Waals surface area contributed by atoms with E-state index < -0.39 is 10.0 Å². The van der Waals surface area contributed by atoms with Crippen molar-refractivity contribution in [3.8, 4) is 17.2 Å². The Kier molecular flexibility index (Phi) is 6.68. The number of nitrogens with one attached hydrogen (secondary N) is 1. The molecular formula is C23H28N2O6S. The quantitative estimate of drug-likeness (QED) is 0.648. The minimum Gasteiger partial charge on any atom is -0.494 e. The molecule has 2 fully saturated rings. The summed E-state index contributed by atoms with van der Waals surface area (Å²) >= 11 is 0. The molecule has 8 nitrogen and oxygen atoms in total. The van der Waals surface area contributed by atoms with Gasteiger partial charge in [-0.1, -0.05) is 6.92 Å². The van der Waals surface area contributed by atoms with Gasteiger partial charge in [0.05, 0.1) is 30.4 Å². The molecule has 1 aliphatic heterocycles. The lowest BCUT2D eigenvalue weighted by atomic mass is 10.2. The molecule has 1 heterocycles. The van der Waals surface area contributed by atoms with E-state index in [1.54, 1.807) is 30.3 Å². The highest BCUT2D eigenvalue weighted by Crippen LogP contribution is 2.40. The number of morpholine rings is 1. The number of benzene rings is 2. The first-order valence-corrected chi connectivity index (χ1v) is 12.3. The maximum Gasteiger partial charge on any atom is 0.243 e. The third kappa shape index (κ3) is 5.06. The minimum atomic E-state index is -3.71. The van der Waals surface area contributed by atoms with Crippen molar-refractivity contribution in [3.05, 3.63) is 42.5 Å². The summed E-state index contributed by atoms with van der Waals surface area (Å²) < 4.78 is 44.3. The van der Waals surface area contributed by atoms with Gasteiger partial charge in [-0.15, -0.1) is 0 Å². The number of hydrogen-bond acceptors (Lipinski definition) is 6. The number of hydrogen-bond donors (Lipinski definition) is 1. The number of carbonyl (C=O) groups excluding carboxylic acids is 1. The second-order valence-corrected chi connectivity index (χ2v) is 9.93. The first-order chi connectivity index (χ1) is 15.4. The molecular weight excluding hydrogens is 432 g/mol. The van der Waals surface area contributed by atoms with E-state index in [0.29, 0.717) is 56.0 Å². The Bertz CT molecular complexity index is 1060. The molecule has 1 saturated carbocycles. The molecule has 32 heavy (non-hydrogen) atoms. The van der Waals surface area contributed by atoms with Crippen LogP contribution in [0.3, 0.4) is 0 Å². The summed E-state index contributed by atoms with van der Waals surface area (Å²) in [6.07, 6.45) is 0.826. The predicted octanol–water partition coefficient (Wildman–Crippen LogP) is 3.49. The highest BCUT2D eigenvalue weighted by molar-refractivity contribution is 7.89. The molecule has 0 radical (unpaired) electrons. The molecule has 0 aromatic heterocycles. The van der Waals surface area contributed by atoms with E-state index in [2.05, 4.69) is 5.32 Å². The molecule has 172 valence electrons. The van der Waals surface area contributed by atoms with Crippen molar-refractivity contribution in [1.29, 1.82) is 0 Å². The van der Waals surface area contributed by atoms with E-state index in [9.17, 15) is 13.2 Å². The summed E-state index contributed by atoms with van der Waals surface area (Å²) in [4.78, 5) is 12.7. The van der Waals surface area contributed by atoms with Crippen LogP contribution in [0.5, 0.6) is 17.2 Å². The Labute approximate surface area is 188 Å². The fourth-order valence-corrected chi connectivity index (χ4v) is 5.04. The van der Waals surface area contributed by atoms with Crippen LogP contribution in [-0.2, 0) is 19.6 Å². The monoisotopic (exact) mass is 460 g/mol. The molecule has 1 aliphatic carbocycles. The largest absolute Gasteiger partial charge is 0.494 e. The second-order valence-electron chi connectivity index (χ2n) is 7.99. The minimum absolute atomic E-state index is 0.0622. The van der Waals surface area contributed by atoms with E-state index in [1.165, 1.54) is 16.4 Å². The maximum absolute atomic E-state index is 13.1. The van der Waals surface area contributed by atoms with Crippen LogP contribution in [0.4, 0.5) is 5.69 Å². The Morgan fingerprint density at radius 1 is 1.12 bits per heavy atom. The summed E-state index contributed by atoms with van der Waals surface area (Å²) in [5.41, 5.74) is 0.331. The van der Waals surface area contributed by atoms with Gasteiger partial charge in [0.1, 0.15) is 11.5 Å². The van der Waals surface area contributed by atoms with Crippen molar-refractivity contribution >= 4 is 21.6 Å². The van der Waals surface area contributed by atoms with E-state index in [-0.39, 0.29) is 16.7 Å². The molecule has 0 spiro atoms. The highest BCUT2D eigenvalue weighted by Gasteiger charge is 2.39. The summed E-state index contributed by atoms with van der Waals surface area (Å²) in [5.74, 6) is 1.78. The fraction of sp³-hybridized carbons (Fsp3) is 0.435. The molecule has 1 amide bonds. The zero-order valence-corrected chi connectivity index (χ0v) is 19.1. The van der Waals surface area contributed by atoms with Gasteiger partial charge in [-0.3, -0.25) is 4.79 Å². The van der Waals surface area contributed by atoms with Gasteiger partial charge in [0.2, 0.25) is 15.9 Å². The molecule has 1 N–H and O–H groups in total. The molecule has 9 heteroatoms. The lowest BCUT2D eigenvalue weighted by molar-refractivity contribution is -0.117. The van der Waals surface area contributed by atoms with Crippen LogP contribution in [0, 0.1) is 11.8 Å². The molecule has 2 aromatic rings. The van der Waals surface area contributed by atoms with E-state index in [1.807, 2.05) is 13.8 Å². The first kappa shape index (κ1) is 22.6. The van der Waals surface area contributed by atoms with Gasteiger partial charge >= 0.3 is 0 Å². The molecule has 1 saturated heterocycles. The Hall–Kier alpha value is -2.62. The van der Waals surface area contributed by atoms with Gasteiger partial charge in [0.15, 0.2) is 5.75 Å². The highest BCUT2D eigenvalue weighted by atomic mass is 32.2. The van der Waals surface area contributed by atoms with Crippen LogP contribution in [0.1, 0.15) is 20.3 Å². The van der Waals surface area contributed by atoms with Gasteiger partial charge in [-0.05, 0) is 61.7 Å². The van der Waals surface area contributed by atoms with Gasteiger partial charge in [-0.25, -0.2) is 8.42 Å². The molecule has 2 aromatic carbocycles. The fourth-order valence-electron chi connectivity index (χ4n) is 3.60. The number of amides is 1. The van der Waals surface area contributed by atoms with Crippen molar-refractivity contribution in [2.75, 3.05) is 38.2 Å². The molecule has 0 bridgehead atoms. The summed E-state index contributed by atoms with van der Waals surface area (Å²) in [7, 11) is -3.71. The zero-order chi connectivity index (χ0) is 22.7. The van der Waals surface area contributed by atoms with Crippen molar-refractivity contribution in [1.82, 2.24) is 4.31 Å². The number of rotatable bonds is 8. The van der Waals surface area contributed by atoms with Crippen LogP contribution >= 0.6 is 0 Å². The first-order valence-electron chi connectivity index (χ1n) is 10.8. The Morgan fingerprint density at radius 2 is 1.78 bits per heavy atom. The van der Waals surface area contributed by atoms with Crippen molar-refractivity contribution in [3.63, 3.8) is 0 Å². The number of anilines is 1. The summed E-state index contributed by atoms with van der Waals surface area (Å²) in [6, 6.07) is 11.7. The number of carbonyl (C=O) groups is 1. The molecule has 2 atom stereocenters. The third-order valence-electron chi connectivity index (χ3n) is 5.63. The van der Waals surface area contributed by atoms with Gasteiger partial charge < -0.3 is 19.5 Å². The smallest absolute Gasteiger partial charge is 0.243 e. The summed E-state index contributed by atoms with van der Waals surface area (Å²) in [5, 5.41) is 2.87. The topological polar surface area (TPSA) is 94.2 Å². The average molecular weight is 461 g/mol. The van der Waals surface area contributed by atoms with Crippen molar-refractivity contribution in [2.24, 2.45) is 11.8 Å². The second kappa shape index (κ2) is 9.48. The maximum atomic E-state index is 13.1. The number of ether oxygens (including phenoxy) is 3. The molecule has 2 aliphatic rings. The predicted molar refractivity (Wildman–Crippen MR) is 120 cm³/mol. The zero-order valence-electron chi connectivity index (χ0n) is 18.2. The Morgan fingerprint density at radius 3 is 2.41 bits per heavy atom. The lowest BCUT2D eigenvalue weighted by Crippen LogP contribution is -2.40. The average Bonchev–Trinajstić information content (AvgIpc) is 3.53. The van der Waals surface area contributed by atoms with Crippen LogP contribution in [-0.4, -0.2) is 51.5 Å². The van der Waals surface area contributed by atoms with Gasteiger partial charge in [0.25, 0.3) is 0 Å². The molecule has 4 rings (SSSR count). The van der Waals surface area contributed by atoms with E-state index in [4.69, 9.17) is 14.2 Å². The summed E-state index contributed by atoms with van der Waals surface area (Å²) in [6.45, 7) is 5.81. The van der Waals surface area contributed by atoms with Crippen LogP contribution in [0.2, 0.25) is 0 Å². The third-order valence-corrected chi connectivity index (χ3v) is 7.52. The van der Waals surface area contributed by atoms with Crippen LogP contribution < -0.4 is 14.8 Å². The number of sulfonamides is 1. The lowest BCUT2D eigenvalue weighted by Gasteiger charge is -2.26. The van der Waals surface area contributed by atoms with Crippen molar-refractivity contribution < 1.29 is 27.4 Å². The van der Waals surface area contributed by atoms with Gasteiger partial charge in [-0.2, -0.15) is 4.31 Å².